The van der Waals surface area contributed by atoms with Crippen molar-refractivity contribution in [2.24, 2.45) is 0 Å². The Morgan fingerprint density at radius 3 is 2.39 bits per heavy atom. The lowest BCUT2D eigenvalue weighted by Crippen LogP contribution is -2.47. The molecule has 0 unspecified atom stereocenters. The van der Waals surface area contributed by atoms with Crippen molar-refractivity contribution in [2.45, 2.75) is 13.3 Å². The first kappa shape index (κ1) is 18.2. The van der Waals surface area contributed by atoms with Crippen LogP contribution in [0.5, 0.6) is 0 Å². The number of aryl methyl sites for hydroxylation is 1. The fourth-order valence-electron chi connectivity index (χ4n) is 3.48. The van der Waals surface area contributed by atoms with Crippen molar-refractivity contribution < 1.29 is 4.39 Å². The zero-order valence-corrected chi connectivity index (χ0v) is 16.0. The summed E-state index contributed by atoms with van der Waals surface area (Å²) in [6, 6.07) is 16.8. The molecule has 1 N–H and O–H groups in total. The number of rotatable bonds is 5. The molecular weight excluding hydrogens is 353 g/mol. The van der Waals surface area contributed by atoms with Crippen LogP contribution in [0.25, 0.3) is 0 Å². The van der Waals surface area contributed by atoms with Crippen molar-refractivity contribution >= 4 is 23.1 Å². The van der Waals surface area contributed by atoms with E-state index in [0.29, 0.717) is 0 Å². The summed E-state index contributed by atoms with van der Waals surface area (Å²) in [7, 11) is 0. The summed E-state index contributed by atoms with van der Waals surface area (Å²) >= 11 is 0. The number of aromatic nitrogens is 2. The summed E-state index contributed by atoms with van der Waals surface area (Å²) < 4.78 is 13.1. The minimum Gasteiger partial charge on any atom is -0.368 e. The smallest absolute Gasteiger partial charge is 0.227 e. The number of halogens is 1. The van der Waals surface area contributed by atoms with E-state index in [-0.39, 0.29) is 5.82 Å². The molecule has 1 aromatic heterocycles. The van der Waals surface area contributed by atoms with Crippen molar-refractivity contribution in [1.29, 1.82) is 0 Å². The fraction of sp³-hybridized carbons (Fsp3) is 0.273. The number of anilines is 4. The van der Waals surface area contributed by atoms with Gasteiger partial charge in [0.15, 0.2) is 0 Å². The van der Waals surface area contributed by atoms with E-state index in [2.05, 4.69) is 45.2 Å². The normalized spacial score (nSPS) is 14.2. The largest absolute Gasteiger partial charge is 0.368 e. The topological polar surface area (TPSA) is 44.3 Å². The molecule has 0 aliphatic carbocycles. The highest BCUT2D eigenvalue weighted by Crippen LogP contribution is 2.22. The third kappa shape index (κ3) is 4.06. The van der Waals surface area contributed by atoms with Gasteiger partial charge < -0.3 is 15.1 Å². The standard InChI is InChI=1S/C22H24FN5/c1-2-17-5-3-4-6-20(17)25-21-11-12-24-22(26-21)28-15-13-27(14-16-28)19-9-7-18(23)8-10-19/h3-12H,2,13-16H2,1H3,(H,24,25,26). The number of hydrogen-bond donors (Lipinski definition) is 1. The average molecular weight is 377 g/mol. The number of para-hydroxylation sites is 1. The molecule has 5 nitrogen and oxygen atoms in total. The van der Waals surface area contributed by atoms with Crippen LogP contribution in [0.15, 0.2) is 60.8 Å². The van der Waals surface area contributed by atoms with Gasteiger partial charge in [-0.2, -0.15) is 4.98 Å². The lowest BCUT2D eigenvalue weighted by atomic mass is 10.1. The molecule has 1 aliphatic heterocycles. The molecule has 2 aromatic carbocycles. The highest BCUT2D eigenvalue weighted by Gasteiger charge is 2.19. The third-order valence-corrected chi connectivity index (χ3v) is 5.06. The molecule has 4 rings (SSSR count). The first-order valence-electron chi connectivity index (χ1n) is 9.66. The van der Waals surface area contributed by atoms with Gasteiger partial charge in [0.1, 0.15) is 11.6 Å². The summed E-state index contributed by atoms with van der Waals surface area (Å²) in [6.45, 7) is 5.50. The molecule has 1 aliphatic rings. The Labute approximate surface area is 164 Å². The summed E-state index contributed by atoms with van der Waals surface area (Å²) in [5, 5.41) is 3.42. The molecule has 6 heteroatoms. The molecule has 3 aromatic rings. The van der Waals surface area contributed by atoms with Crippen molar-refractivity contribution in [2.75, 3.05) is 41.3 Å². The van der Waals surface area contributed by atoms with Crippen LogP contribution in [0.1, 0.15) is 12.5 Å². The Morgan fingerprint density at radius 1 is 0.929 bits per heavy atom. The molecule has 0 saturated carbocycles. The molecule has 1 saturated heterocycles. The molecule has 0 amide bonds. The van der Waals surface area contributed by atoms with E-state index in [1.165, 1.54) is 17.7 Å². The lowest BCUT2D eigenvalue weighted by Gasteiger charge is -2.36. The van der Waals surface area contributed by atoms with Crippen LogP contribution in [0, 0.1) is 5.82 Å². The molecule has 0 radical (unpaired) electrons. The lowest BCUT2D eigenvalue weighted by molar-refractivity contribution is 0.623. The van der Waals surface area contributed by atoms with E-state index in [1.807, 2.05) is 24.3 Å². The molecule has 0 spiro atoms. The van der Waals surface area contributed by atoms with Gasteiger partial charge in [0.2, 0.25) is 5.95 Å². The Kier molecular flexibility index (Phi) is 5.37. The summed E-state index contributed by atoms with van der Waals surface area (Å²) in [5.41, 5.74) is 3.39. The molecule has 144 valence electrons. The quantitative estimate of drug-likeness (QED) is 0.720. The Bertz CT molecular complexity index is 920. The van der Waals surface area contributed by atoms with Crippen LogP contribution in [-0.4, -0.2) is 36.1 Å². The maximum atomic E-state index is 13.1. The minimum absolute atomic E-state index is 0.204. The van der Waals surface area contributed by atoms with Crippen molar-refractivity contribution in [3.05, 3.63) is 72.2 Å². The van der Waals surface area contributed by atoms with Gasteiger partial charge in [-0.05, 0) is 48.4 Å². The van der Waals surface area contributed by atoms with Crippen LogP contribution in [-0.2, 0) is 6.42 Å². The fourth-order valence-corrected chi connectivity index (χ4v) is 3.48. The Hall–Kier alpha value is -3.15. The van der Waals surface area contributed by atoms with Crippen LogP contribution in [0.2, 0.25) is 0 Å². The number of benzene rings is 2. The molecule has 2 heterocycles. The summed E-state index contributed by atoms with van der Waals surface area (Å²) in [6.07, 6.45) is 2.76. The second-order valence-corrected chi connectivity index (χ2v) is 6.83. The Morgan fingerprint density at radius 2 is 1.64 bits per heavy atom. The monoisotopic (exact) mass is 377 g/mol. The zero-order valence-electron chi connectivity index (χ0n) is 16.0. The summed E-state index contributed by atoms with van der Waals surface area (Å²) in [5.74, 6) is 1.33. The molecule has 28 heavy (non-hydrogen) atoms. The number of nitrogens with one attached hydrogen (secondary N) is 1. The highest BCUT2D eigenvalue weighted by molar-refractivity contribution is 5.61. The maximum absolute atomic E-state index is 13.1. The maximum Gasteiger partial charge on any atom is 0.227 e. The first-order chi connectivity index (χ1) is 13.7. The second kappa shape index (κ2) is 8.25. The van der Waals surface area contributed by atoms with E-state index < -0.39 is 0 Å². The van der Waals surface area contributed by atoms with Gasteiger partial charge in [0, 0.05) is 43.8 Å². The molecular formula is C22H24FN5. The zero-order chi connectivity index (χ0) is 19.3. The van der Waals surface area contributed by atoms with E-state index in [0.717, 1.165) is 55.7 Å². The van der Waals surface area contributed by atoms with Crippen LogP contribution in [0.3, 0.4) is 0 Å². The molecule has 1 fully saturated rings. The Balaban J connectivity index is 1.43. The van der Waals surface area contributed by atoms with Gasteiger partial charge in [-0.25, -0.2) is 9.37 Å². The van der Waals surface area contributed by atoms with Crippen molar-refractivity contribution in [3.8, 4) is 0 Å². The van der Waals surface area contributed by atoms with E-state index >= 15 is 0 Å². The van der Waals surface area contributed by atoms with Gasteiger partial charge in [-0.1, -0.05) is 25.1 Å². The molecule has 0 bridgehead atoms. The highest BCUT2D eigenvalue weighted by atomic mass is 19.1. The number of hydrogen-bond acceptors (Lipinski definition) is 5. The first-order valence-corrected chi connectivity index (χ1v) is 9.66. The van der Waals surface area contributed by atoms with E-state index in [4.69, 9.17) is 4.98 Å². The third-order valence-electron chi connectivity index (χ3n) is 5.06. The predicted octanol–water partition coefficient (Wildman–Crippen LogP) is 4.25. The number of piperazine rings is 1. The SMILES string of the molecule is CCc1ccccc1Nc1ccnc(N2CCN(c3ccc(F)cc3)CC2)n1. The second-order valence-electron chi connectivity index (χ2n) is 6.83. The van der Waals surface area contributed by atoms with Gasteiger partial charge in [0.05, 0.1) is 0 Å². The van der Waals surface area contributed by atoms with Crippen molar-refractivity contribution in [1.82, 2.24) is 9.97 Å². The molecule has 0 atom stereocenters. The van der Waals surface area contributed by atoms with Gasteiger partial charge in [-0.3, -0.25) is 0 Å². The average Bonchev–Trinajstić information content (AvgIpc) is 2.75. The van der Waals surface area contributed by atoms with E-state index in [9.17, 15) is 4.39 Å². The minimum atomic E-state index is -0.204. The van der Waals surface area contributed by atoms with Gasteiger partial charge in [-0.15, -0.1) is 0 Å². The predicted molar refractivity (Wildman–Crippen MR) is 112 cm³/mol. The van der Waals surface area contributed by atoms with Crippen LogP contribution < -0.4 is 15.1 Å². The van der Waals surface area contributed by atoms with Crippen molar-refractivity contribution in [3.63, 3.8) is 0 Å². The van der Waals surface area contributed by atoms with E-state index in [1.54, 1.807) is 6.20 Å². The van der Waals surface area contributed by atoms with Crippen LogP contribution >= 0.6 is 0 Å². The number of nitrogens with zero attached hydrogens (tertiary/aromatic N) is 4. The van der Waals surface area contributed by atoms with Crippen LogP contribution in [0.4, 0.5) is 27.5 Å². The van der Waals surface area contributed by atoms with Gasteiger partial charge in [0.25, 0.3) is 0 Å². The van der Waals surface area contributed by atoms with Gasteiger partial charge >= 0.3 is 0 Å². The summed E-state index contributed by atoms with van der Waals surface area (Å²) in [4.78, 5) is 13.6.